The molecule has 0 spiro atoms. The number of alkyl carbamates (subject to hydrolysis) is 1. The van der Waals surface area contributed by atoms with Gasteiger partial charge in [-0.25, -0.2) is 4.79 Å². The average Bonchev–Trinajstić information content (AvgIpc) is 1.99. The first kappa shape index (κ1) is 14.3. The number of hydrogen-bond acceptors (Lipinski definition) is 2. The zero-order chi connectivity index (χ0) is 12.1. The molecule has 2 unspecified atom stereocenters. The summed E-state index contributed by atoms with van der Waals surface area (Å²) < 4.78 is 5.17. The van der Waals surface area contributed by atoms with E-state index in [1.165, 1.54) is 0 Å². The Labute approximate surface area is 93.6 Å². The van der Waals surface area contributed by atoms with Crippen molar-refractivity contribution < 1.29 is 9.53 Å². The number of rotatable bonds is 4. The van der Waals surface area contributed by atoms with Crippen LogP contribution in [0.5, 0.6) is 0 Å². The fourth-order valence-electron chi connectivity index (χ4n) is 1.34. The molecule has 0 fully saturated rings. The SMILES string of the molecule is CCC(C)CC(C)NC(=O)OC(C)(C)C. The third-order valence-electron chi connectivity index (χ3n) is 2.22. The fraction of sp³-hybridized carbons (Fsp3) is 0.917. The Balaban J connectivity index is 3.87. The Hall–Kier alpha value is -0.730. The Kier molecular flexibility index (Phi) is 5.69. The lowest BCUT2D eigenvalue weighted by atomic mass is 10.0. The van der Waals surface area contributed by atoms with E-state index < -0.39 is 5.60 Å². The highest BCUT2D eigenvalue weighted by molar-refractivity contribution is 5.67. The molecule has 0 rings (SSSR count). The Bertz CT molecular complexity index is 196. The van der Waals surface area contributed by atoms with Gasteiger partial charge in [0.2, 0.25) is 0 Å². The molecule has 0 bridgehead atoms. The van der Waals surface area contributed by atoms with Gasteiger partial charge in [-0.15, -0.1) is 0 Å². The second-order valence-electron chi connectivity index (χ2n) is 5.30. The number of amides is 1. The molecule has 0 saturated carbocycles. The van der Waals surface area contributed by atoms with E-state index in [0.717, 1.165) is 12.8 Å². The number of ether oxygens (including phenoxy) is 1. The molecular formula is C12H25NO2. The predicted molar refractivity (Wildman–Crippen MR) is 62.9 cm³/mol. The Morgan fingerprint density at radius 3 is 2.27 bits per heavy atom. The fourth-order valence-corrected chi connectivity index (χ4v) is 1.34. The lowest BCUT2D eigenvalue weighted by Crippen LogP contribution is -2.38. The molecule has 0 aromatic rings. The molecular weight excluding hydrogens is 190 g/mol. The van der Waals surface area contributed by atoms with Crippen LogP contribution in [0.3, 0.4) is 0 Å². The van der Waals surface area contributed by atoms with Crippen molar-refractivity contribution in [2.45, 2.75) is 66.0 Å². The number of hydrogen-bond donors (Lipinski definition) is 1. The molecule has 90 valence electrons. The predicted octanol–water partition coefficient (Wildman–Crippen LogP) is 3.34. The van der Waals surface area contributed by atoms with E-state index in [-0.39, 0.29) is 12.1 Å². The van der Waals surface area contributed by atoms with Crippen LogP contribution >= 0.6 is 0 Å². The molecule has 2 atom stereocenters. The van der Waals surface area contributed by atoms with Crippen LogP contribution in [-0.2, 0) is 4.74 Å². The Morgan fingerprint density at radius 1 is 1.33 bits per heavy atom. The van der Waals surface area contributed by atoms with Gasteiger partial charge in [-0.1, -0.05) is 20.3 Å². The van der Waals surface area contributed by atoms with Crippen molar-refractivity contribution in [3.05, 3.63) is 0 Å². The zero-order valence-corrected chi connectivity index (χ0v) is 10.9. The van der Waals surface area contributed by atoms with Crippen LogP contribution in [0, 0.1) is 5.92 Å². The van der Waals surface area contributed by atoms with E-state index in [9.17, 15) is 4.79 Å². The van der Waals surface area contributed by atoms with Gasteiger partial charge < -0.3 is 10.1 Å². The van der Waals surface area contributed by atoms with E-state index in [0.29, 0.717) is 5.92 Å². The summed E-state index contributed by atoms with van der Waals surface area (Å²) in [7, 11) is 0. The van der Waals surface area contributed by atoms with Gasteiger partial charge in [0.15, 0.2) is 0 Å². The quantitative estimate of drug-likeness (QED) is 0.781. The summed E-state index contributed by atoms with van der Waals surface area (Å²) in [5.41, 5.74) is -0.416. The Morgan fingerprint density at radius 2 is 1.87 bits per heavy atom. The third kappa shape index (κ3) is 8.28. The van der Waals surface area contributed by atoms with Crippen molar-refractivity contribution >= 4 is 6.09 Å². The van der Waals surface area contributed by atoms with E-state index in [4.69, 9.17) is 4.74 Å². The minimum atomic E-state index is -0.416. The minimum absolute atomic E-state index is 0.176. The highest BCUT2D eigenvalue weighted by Gasteiger charge is 2.18. The van der Waals surface area contributed by atoms with Crippen LogP contribution in [0.1, 0.15) is 54.4 Å². The van der Waals surface area contributed by atoms with Crippen LogP contribution in [0.2, 0.25) is 0 Å². The van der Waals surface area contributed by atoms with E-state index in [1.807, 2.05) is 27.7 Å². The molecule has 1 N–H and O–H groups in total. The van der Waals surface area contributed by atoms with Gasteiger partial charge in [0.1, 0.15) is 5.60 Å². The normalized spacial score (nSPS) is 15.6. The van der Waals surface area contributed by atoms with Crippen molar-refractivity contribution in [2.24, 2.45) is 5.92 Å². The molecule has 3 heteroatoms. The largest absolute Gasteiger partial charge is 0.444 e. The summed E-state index contributed by atoms with van der Waals surface area (Å²) in [5, 5.41) is 2.84. The number of nitrogens with one attached hydrogen (secondary N) is 1. The molecule has 0 aliphatic carbocycles. The molecule has 3 nitrogen and oxygen atoms in total. The monoisotopic (exact) mass is 215 g/mol. The maximum atomic E-state index is 11.4. The van der Waals surface area contributed by atoms with Gasteiger partial charge in [-0.2, -0.15) is 0 Å². The first-order valence-corrected chi connectivity index (χ1v) is 5.74. The maximum Gasteiger partial charge on any atom is 0.407 e. The van der Waals surface area contributed by atoms with Crippen LogP contribution in [-0.4, -0.2) is 17.7 Å². The number of carbonyl (C=O) groups excluding carboxylic acids is 1. The van der Waals surface area contributed by atoms with Crippen molar-refractivity contribution in [2.75, 3.05) is 0 Å². The van der Waals surface area contributed by atoms with Gasteiger partial charge >= 0.3 is 6.09 Å². The van der Waals surface area contributed by atoms with Crippen LogP contribution < -0.4 is 5.32 Å². The summed E-state index contributed by atoms with van der Waals surface area (Å²) in [5.74, 6) is 0.634. The zero-order valence-electron chi connectivity index (χ0n) is 10.9. The molecule has 15 heavy (non-hydrogen) atoms. The summed E-state index contributed by atoms with van der Waals surface area (Å²) in [6.45, 7) is 12.0. The lowest BCUT2D eigenvalue weighted by molar-refractivity contribution is 0.0503. The summed E-state index contributed by atoms with van der Waals surface area (Å²) >= 11 is 0. The first-order chi connectivity index (χ1) is 6.74. The van der Waals surface area contributed by atoms with Crippen LogP contribution in [0.4, 0.5) is 4.79 Å². The first-order valence-electron chi connectivity index (χ1n) is 5.74. The molecule has 1 amide bonds. The smallest absolute Gasteiger partial charge is 0.407 e. The molecule has 0 aromatic carbocycles. The molecule has 0 aliphatic heterocycles. The molecule has 0 saturated heterocycles. The van der Waals surface area contributed by atoms with E-state index >= 15 is 0 Å². The van der Waals surface area contributed by atoms with Crippen molar-refractivity contribution in [1.29, 1.82) is 0 Å². The van der Waals surface area contributed by atoms with Crippen LogP contribution in [0.15, 0.2) is 0 Å². The molecule has 0 aromatic heterocycles. The van der Waals surface area contributed by atoms with Gasteiger partial charge in [0.25, 0.3) is 0 Å². The van der Waals surface area contributed by atoms with Gasteiger partial charge in [0, 0.05) is 6.04 Å². The van der Waals surface area contributed by atoms with Gasteiger partial charge in [-0.3, -0.25) is 0 Å². The van der Waals surface area contributed by atoms with E-state index in [1.54, 1.807) is 0 Å². The third-order valence-corrected chi connectivity index (χ3v) is 2.22. The summed E-state index contributed by atoms with van der Waals surface area (Å²) in [6, 6.07) is 0.176. The minimum Gasteiger partial charge on any atom is -0.444 e. The van der Waals surface area contributed by atoms with E-state index in [2.05, 4.69) is 19.2 Å². The average molecular weight is 215 g/mol. The highest BCUT2D eigenvalue weighted by Crippen LogP contribution is 2.11. The number of carbonyl (C=O) groups is 1. The van der Waals surface area contributed by atoms with Gasteiger partial charge in [-0.05, 0) is 40.0 Å². The second-order valence-corrected chi connectivity index (χ2v) is 5.30. The van der Waals surface area contributed by atoms with Gasteiger partial charge in [0.05, 0.1) is 0 Å². The van der Waals surface area contributed by atoms with Crippen LogP contribution in [0.25, 0.3) is 0 Å². The molecule has 0 radical (unpaired) electrons. The summed E-state index contributed by atoms with van der Waals surface area (Å²) in [4.78, 5) is 11.4. The van der Waals surface area contributed by atoms with Crippen molar-refractivity contribution in [1.82, 2.24) is 5.32 Å². The van der Waals surface area contributed by atoms with Crippen molar-refractivity contribution in [3.63, 3.8) is 0 Å². The summed E-state index contributed by atoms with van der Waals surface area (Å²) in [6.07, 6.45) is 1.81. The molecule has 0 heterocycles. The maximum absolute atomic E-state index is 11.4. The lowest BCUT2D eigenvalue weighted by Gasteiger charge is -2.23. The van der Waals surface area contributed by atoms with Crippen molar-refractivity contribution in [3.8, 4) is 0 Å². The topological polar surface area (TPSA) is 38.3 Å². The molecule has 0 aliphatic rings. The second kappa shape index (κ2) is 5.99. The highest BCUT2D eigenvalue weighted by atomic mass is 16.6. The standard InChI is InChI=1S/C12H25NO2/c1-7-9(2)8-10(3)13-11(14)15-12(4,5)6/h9-10H,7-8H2,1-6H3,(H,13,14).